The molecule has 0 bridgehead atoms. The highest BCUT2D eigenvalue weighted by atomic mass is 16.7. The molecule has 9 atom stereocenters. The molecule has 1 heterocycles. The highest BCUT2D eigenvalue weighted by Crippen LogP contribution is 2.24. The van der Waals surface area contributed by atoms with Crippen LogP contribution in [0.1, 0.15) is 6.92 Å². The number of aliphatic hydroxyl groups is 8. The molecule has 0 aromatic carbocycles. The number of hydrogen-bond acceptors (Lipinski definition) is 10. The van der Waals surface area contributed by atoms with Crippen molar-refractivity contribution in [1.29, 1.82) is 0 Å². The van der Waals surface area contributed by atoms with Gasteiger partial charge < -0.3 is 50.3 Å². The van der Waals surface area contributed by atoms with Crippen molar-refractivity contribution in [2.75, 3.05) is 13.2 Å². The van der Waals surface area contributed by atoms with Crippen molar-refractivity contribution >= 4 is 0 Å². The molecule has 1 fully saturated rings. The summed E-state index contributed by atoms with van der Waals surface area (Å²) in [6.07, 6.45) is -13.9. The van der Waals surface area contributed by atoms with E-state index in [0.29, 0.717) is 0 Å². The van der Waals surface area contributed by atoms with Crippen LogP contribution in [-0.4, -0.2) is 109 Å². The Morgan fingerprint density at radius 2 is 1.59 bits per heavy atom. The van der Waals surface area contributed by atoms with Gasteiger partial charge >= 0.3 is 0 Å². The normalized spacial score (nSPS) is 38.3. The molecular weight excluding hydrogens is 304 g/mol. The van der Waals surface area contributed by atoms with E-state index in [2.05, 4.69) is 0 Å². The van der Waals surface area contributed by atoms with Crippen LogP contribution in [-0.2, 0) is 9.47 Å². The van der Waals surface area contributed by atoms with Gasteiger partial charge in [-0.05, 0) is 6.92 Å². The van der Waals surface area contributed by atoms with Gasteiger partial charge in [-0.3, -0.25) is 0 Å². The summed E-state index contributed by atoms with van der Waals surface area (Å²) >= 11 is 0. The molecule has 8 N–H and O–H groups in total. The van der Waals surface area contributed by atoms with Crippen molar-refractivity contribution in [2.45, 2.75) is 62.0 Å². The van der Waals surface area contributed by atoms with Crippen molar-refractivity contribution < 1.29 is 50.3 Å². The third-order valence-electron chi connectivity index (χ3n) is 3.54. The van der Waals surface area contributed by atoms with E-state index in [1.807, 2.05) is 0 Å². The Hall–Kier alpha value is -0.400. The molecular formula is C12H24O10. The van der Waals surface area contributed by atoms with Crippen molar-refractivity contribution in [3.05, 3.63) is 0 Å². The first-order chi connectivity index (χ1) is 10.2. The van der Waals surface area contributed by atoms with Gasteiger partial charge in [-0.1, -0.05) is 0 Å². The van der Waals surface area contributed by atoms with Gasteiger partial charge in [-0.2, -0.15) is 0 Å². The summed E-state index contributed by atoms with van der Waals surface area (Å²) in [5.41, 5.74) is 0. The van der Waals surface area contributed by atoms with Crippen molar-refractivity contribution in [3.63, 3.8) is 0 Å². The smallest absolute Gasteiger partial charge is 0.187 e. The molecule has 1 aliphatic rings. The molecule has 0 aliphatic carbocycles. The average molecular weight is 328 g/mol. The molecule has 10 heteroatoms. The Morgan fingerprint density at radius 1 is 1.00 bits per heavy atom. The minimum absolute atomic E-state index is 0.670. The van der Waals surface area contributed by atoms with Crippen LogP contribution in [0.25, 0.3) is 0 Å². The summed E-state index contributed by atoms with van der Waals surface area (Å²) in [6.45, 7) is -0.249. The Labute approximate surface area is 126 Å². The van der Waals surface area contributed by atoms with Gasteiger partial charge in [0.05, 0.1) is 19.3 Å². The zero-order chi connectivity index (χ0) is 17.0. The lowest BCUT2D eigenvalue weighted by Gasteiger charge is -2.42. The second-order valence-corrected chi connectivity index (χ2v) is 5.28. The largest absolute Gasteiger partial charge is 0.394 e. The predicted molar refractivity (Wildman–Crippen MR) is 69.4 cm³/mol. The lowest BCUT2D eigenvalue weighted by molar-refractivity contribution is -0.326. The fourth-order valence-electron chi connectivity index (χ4n) is 2.11. The topological polar surface area (TPSA) is 180 Å². The molecule has 0 unspecified atom stereocenters. The zero-order valence-electron chi connectivity index (χ0n) is 12.0. The Bertz CT molecular complexity index is 325. The first kappa shape index (κ1) is 19.6. The molecule has 1 saturated heterocycles. The maximum Gasteiger partial charge on any atom is 0.187 e. The second kappa shape index (κ2) is 8.45. The second-order valence-electron chi connectivity index (χ2n) is 5.28. The maximum absolute atomic E-state index is 9.82. The van der Waals surface area contributed by atoms with Crippen LogP contribution in [0, 0.1) is 0 Å². The van der Waals surface area contributed by atoms with E-state index in [0.717, 1.165) is 0 Å². The molecule has 1 rings (SSSR count). The van der Waals surface area contributed by atoms with Gasteiger partial charge in [0.2, 0.25) is 0 Å². The molecule has 0 radical (unpaired) electrons. The van der Waals surface area contributed by atoms with Crippen LogP contribution in [0.4, 0.5) is 0 Å². The van der Waals surface area contributed by atoms with Crippen LogP contribution in [0.15, 0.2) is 0 Å². The molecule has 0 amide bonds. The first-order valence-corrected chi connectivity index (χ1v) is 6.85. The van der Waals surface area contributed by atoms with E-state index in [-0.39, 0.29) is 0 Å². The standard InChI is InChI=1S/C12H24O10/c1-4(15)7(17)11(5(16)2-13)22-12-10(20)9(19)8(18)6(3-14)21-12/h4-20H,2-3H2,1H3/t4-,5-,6-,7-,8-,9-,10-,11+,12+/m1/s1. The van der Waals surface area contributed by atoms with Gasteiger partial charge in [0.15, 0.2) is 6.29 Å². The zero-order valence-corrected chi connectivity index (χ0v) is 12.0. The summed E-state index contributed by atoms with van der Waals surface area (Å²) in [5, 5.41) is 75.9. The minimum Gasteiger partial charge on any atom is -0.394 e. The van der Waals surface area contributed by atoms with Gasteiger partial charge in [0.25, 0.3) is 0 Å². The number of ether oxygens (including phenoxy) is 2. The van der Waals surface area contributed by atoms with Crippen molar-refractivity contribution in [3.8, 4) is 0 Å². The summed E-state index contributed by atoms with van der Waals surface area (Å²) in [7, 11) is 0. The minimum atomic E-state index is -1.73. The fourth-order valence-corrected chi connectivity index (χ4v) is 2.11. The van der Waals surface area contributed by atoms with E-state index in [1.54, 1.807) is 0 Å². The summed E-state index contributed by atoms with van der Waals surface area (Å²) in [4.78, 5) is 0. The molecule has 132 valence electrons. The van der Waals surface area contributed by atoms with Crippen molar-refractivity contribution in [2.24, 2.45) is 0 Å². The van der Waals surface area contributed by atoms with Gasteiger partial charge in [-0.25, -0.2) is 0 Å². The van der Waals surface area contributed by atoms with Crippen LogP contribution in [0.2, 0.25) is 0 Å². The van der Waals surface area contributed by atoms with Crippen LogP contribution in [0.5, 0.6) is 0 Å². The lowest BCUT2D eigenvalue weighted by atomic mass is 9.98. The van der Waals surface area contributed by atoms with Crippen LogP contribution < -0.4 is 0 Å². The van der Waals surface area contributed by atoms with E-state index in [9.17, 15) is 30.6 Å². The van der Waals surface area contributed by atoms with Crippen LogP contribution >= 0.6 is 0 Å². The summed E-state index contributed by atoms with van der Waals surface area (Å²) in [6, 6.07) is 0. The molecule has 0 saturated carbocycles. The predicted octanol–water partition coefficient (Wildman–Crippen LogP) is -4.73. The SMILES string of the molecule is C[C@@H](O)[C@@H](O)[C@@H](O[C@@H]1O[C@H](CO)[C@@H](O)[C@@H](O)[C@H]1O)[C@H](O)CO. The molecule has 0 spiro atoms. The van der Waals surface area contributed by atoms with Crippen LogP contribution in [0.3, 0.4) is 0 Å². The summed E-state index contributed by atoms with van der Waals surface area (Å²) in [5.74, 6) is 0. The quantitative estimate of drug-likeness (QED) is 0.226. The van der Waals surface area contributed by atoms with Gasteiger partial charge in [0.1, 0.15) is 42.7 Å². The molecule has 1 aliphatic heterocycles. The fraction of sp³-hybridized carbons (Fsp3) is 1.00. The van der Waals surface area contributed by atoms with E-state index in [4.69, 9.17) is 19.7 Å². The van der Waals surface area contributed by atoms with E-state index >= 15 is 0 Å². The first-order valence-electron chi connectivity index (χ1n) is 6.85. The molecule has 0 aromatic heterocycles. The maximum atomic E-state index is 9.82. The van der Waals surface area contributed by atoms with Crippen molar-refractivity contribution in [1.82, 2.24) is 0 Å². The molecule has 22 heavy (non-hydrogen) atoms. The molecule has 10 nitrogen and oxygen atoms in total. The number of hydrogen-bond donors (Lipinski definition) is 8. The van der Waals surface area contributed by atoms with Gasteiger partial charge in [0, 0.05) is 0 Å². The monoisotopic (exact) mass is 328 g/mol. The summed E-state index contributed by atoms with van der Waals surface area (Å²) < 4.78 is 10.2. The number of rotatable bonds is 7. The van der Waals surface area contributed by atoms with Gasteiger partial charge in [-0.15, -0.1) is 0 Å². The molecule has 0 aromatic rings. The third-order valence-corrected chi connectivity index (χ3v) is 3.54. The number of aliphatic hydroxyl groups excluding tert-OH is 8. The Balaban J connectivity index is 2.86. The Kier molecular flexibility index (Phi) is 7.55. The average Bonchev–Trinajstić information content (AvgIpc) is 2.50. The highest BCUT2D eigenvalue weighted by Gasteiger charge is 2.46. The van der Waals surface area contributed by atoms with E-state index in [1.165, 1.54) is 6.92 Å². The highest BCUT2D eigenvalue weighted by molar-refractivity contribution is 4.90. The Morgan fingerprint density at radius 3 is 2.05 bits per heavy atom. The lowest BCUT2D eigenvalue weighted by Crippen LogP contribution is -2.61. The third kappa shape index (κ3) is 4.32. The van der Waals surface area contributed by atoms with E-state index < -0.39 is 68.3 Å².